The second-order valence-corrected chi connectivity index (χ2v) is 6.35. The number of nitrogens with one attached hydrogen (secondary N) is 1. The molecule has 2 N–H and O–H groups in total. The zero-order valence-corrected chi connectivity index (χ0v) is 13.0. The van der Waals surface area contributed by atoms with E-state index in [9.17, 15) is 5.11 Å². The molecule has 114 valence electrons. The van der Waals surface area contributed by atoms with Crippen LogP contribution in [0, 0.1) is 5.92 Å². The van der Waals surface area contributed by atoms with Crippen LogP contribution < -0.4 is 5.32 Å². The molecule has 1 rings (SSSR count). The third-order valence-corrected chi connectivity index (χ3v) is 4.46. The summed E-state index contributed by atoms with van der Waals surface area (Å²) in [5, 5.41) is 13.1. The van der Waals surface area contributed by atoms with Gasteiger partial charge >= 0.3 is 0 Å². The fraction of sp³-hybridized carbons (Fsp3) is 1.00. The maximum Gasteiger partial charge on any atom is 0.0540 e. The van der Waals surface area contributed by atoms with E-state index in [-0.39, 0.29) is 6.10 Å². The van der Waals surface area contributed by atoms with Gasteiger partial charge < -0.3 is 10.4 Å². The van der Waals surface area contributed by atoms with E-state index in [1.165, 1.54) is 77.3 Å². The Kier molecular flexibility index (Phi) is 10.5. The molecule has 1 aliphatic rings. The first-order valence-electron chi connectivity index (χ1n) is 8.71. The highest BCUT2D eigenvalue weighted by atomic mass is 16.3. The summed E-state index contributed by atoms with van der Waals surface area (Å²) in [6, 6.07) is 0. The van der Waals surface area contributed by atoms with Gasteiger partial charge in [-0.25, -0.2) is 0 Å². The van der Waals surface area contributed by atoms with E-state index in [4.69, 9.17) is 0 Å². The second kappa shape index (κ2) is 11.7. The minimum Gasteiger partial charge on any atom is -0.393 e. The molecule has 0 heterocycles. The minimum absolute atomic E-state index is 0.0102. The van der Waals surface area contributed by atoms with Gasteiger partial charge in [-0.2, -0.15) is 0 Å². The van der Waals surface area contributed by atoms with E-state index in [0.717, 1.165) is 18.8 Å². The highest BCUT2D eigenvalue weighted by molar-refractivity contribution is 4.72. The molecule has 0 amide bonds. The molecular weight excluding hydrogens is 234 g/mol. The van der Waals surface area contributed by atoms with Gasteiger partial charge in [-0.05, 0) is 51.1 Å². The summed E-state index contributed by atoms with van der Waals surface area (Å²) in [6.07, 6.45) is 15.7. The number of aliphatic hydroxyl groups excluding tert-OH is 1. The first-order valence-corrected chi connectivity index (χ1v) is 8.71. The van der Waals surface area contributed by atoms with Crippen molar-refractivity contribution in [2.45, 2.75) is 90.1 Å². The van der Waals surface area contributed by atoms with Crippen molar-refractivity contribution in [3.63, 3.8) is 0 Å². The molecule has 0 aromatic carbocycles. The largest absolute Gasteiger partial charge is 0.393 e. The molecule has 2 heteroatoms. The van der Waals surface area contributed by atoms with Crippen LogP contribution in [0.3, 0.4) is 0 Å². The zero-order valence-electron chi connectivity index (χ0n) is 13.0. The second-order valence-electron chi connectivity index (χ2n) is 6.35. The molecule has 0 aromatic heterocycles. The van der Waals surface area contributed by atoms with Crippen molar-refractivity contribution in [2.24, 2.45) is 5.92 Å². The minimum atomic E-state index is -0.0102. The van der Waals surface area contributed by atoms with E-state index >= 15 is 0 Å². The number of aliphatic hydroxyl groups is 1. The smallest absolute Gasteiger partial charge is 0.0540 e. The first-order chi connectivity index (χ1) is 9.33. The van der Waals surface area contributed by atoms with Gasteiger partial charge in [-0.1, -0.05) is 51.9 Å². The van der Waals surface area contributed by atoms with Crippen molar-refractivity contribution in [3.05, 3.63) is 0 Å². The predicted octanol–water partition coefficient (Wildman–Crippen LogP) is 4.27. The van der Waals surface area contributed by atoms with Gasteiger partial charge in [0.1, 0.15) is 0 Å². The molecule has 0 radical (unpaired) electrons. The molecule has 0 aliphatic heterocycles. The average molecular weight is 269 g/mol. The summed E-state index contributed by atoms with van der Waals surface area (Å²) in [7, 11) is 0. The molecule has 2 nitrogen and oxygen atoms in total. The molecule has 0 bridgehead atoms. The van der Waals surface area contributed by atoms with Crippen molar-refractivity contribution in [2.75, 3.05) is 13.1 Å². The lowest BCUT2D eigenvalue weighted by molar-refractivity contribution is 0.108. The molecule has 0 spiro atoms. The van der Waals surface area contributed by atoms with E-state index in [1.807, 2.05) is 0 Å². The maximum atomic E-state index is 9.45. The van der Waals surface area contributed by atoms with Crippen LogP contribution in [0.15, 0.2) is 0 Å². The number of rotatable bonds is 11. The summed E-state index contributed by atoms with van der Waals surface area (Å²) >= 11 is 0. The number of unbranched alkanes of at least 4 members (excludes halogenated alkanes) is 7. The van der Waals surface area contributed by atoms with Gasteiger partial charge in [0.15, 0.2) is 0 Å². The van der Waals surface area contributed by atoms with E-state index in [1.54, 1.807) is 0 Å². The first kappa shape index (κ1) is 17.0. The van der Waals surface area contributed by atoms with Crippen LogP contribution in [-0.4, -0.2) is 24.3 Å². The fourth-order valence-electron chi connectivity index (χ4n) is 3.04. The van der Waals surface area contributed by atoms with Gasteiger partial charge in [-0.15, -0.1) is 0 Å². The van der Waals surface area contributed by atoms with Crippen LogP contribution >= 0.6 is 0 Å². The average Bonchev–Trinajstić information content (AvgIpc) is 2.43. The highest BCUT2D eigenvalue weighted by Gasteiger charge is 2.18. The molecule has 0 aromatic rings. The van der Waals surface area contributed by atoms with Crippen molar-refractivity contribution >= 4 is 0 Å². The lowest BCUT2D eigenvalue weighted by atomic mass is 9.87. The molecule has 0 saturated heterocycles. The highest BCUT2D eigenvalue weighted by Crippen LogP contribution is 2.23. The lowest BCUT2D eigenvalue weighted by Crippen LogP contribution is -2.28. The normalized spacial score (nSPS) is 23.7. The SMILES string of the molecule is CCCCCCCCCCNCC1CCC(O)CC1. The van der Waals surface area contributed by atoms with Crippen LogP contribution in [0.4, 0.5) is 0 Å². The van der Waals surface area contributed by atoms with Crippen molar-refractivity contribution in [3.8, 4) is 0 Å². The number of hydrogen-bond acceptors (Lipinski definition) is 2. The standard InChI is InChI=1S/C17H35NO/c1-2-3-4-5-6-7-8-9-14-18-15-16-10-12-17(19)13-11-16/h16-19H,2-15H2,1H3. The van der Waals surface area contributed by atoms with Crippen LogP contribution in [0.5, 0.6) is 0 Å². The molecule has 0 atom stereocenters. The summed E-state index contributed by atoms with van der Waals surface area (Å²) in [5.41, 5.74) is 0. The monoisotopic (exact) mass is 269 g/mol. The van der Waals surface area contributed by atoms with Crippen molar-refractivity contribution < 1.29 is 5.11 Å². The van der Waals surface area contributed by atoms with Gasteiger partial charge in [0.25, 0.3) is 0 Å². The van der Waals surface area contributed by atoms with E-state index in [2.05, 4.69) is 12.2 Å². The summed E-state index contributed by atoms with van der Waals surface area (Å²) in [4.78, 5) is 0. The summed E-state index contributed by atoms with van der Waals surface area (Å²) in [5.74, 6) is 0.817. The van der Waals surface area contributed by atoms with Gasteiger partial charge in [0.05, 0.1) is 6.10 Å². The zero-order chi connectivity index (χ0) is 13.8. The van der Waals surface area contributed by atoms with Gasteiger partial charge in [0.2, 0.25) is 0 Å². The quantitative estimate of drug-likeness (QED) is 0.549. The Balaban J connectivity index is 1.76. The third-order valence-electron chi connectivity index (χ3n) is 4.46. The van der Waals surface area contributed by atoms with Crippen LogP contribution in [-0.2, 0) is 0 Å². The fourth-order valence-corrected chi connectivity index (χ4v) is 3.04. The molecule has 1 saturated carbocycles. The Bertz CT molecular complexity index is 188. The Hall–Kier alpha value is -0.0800. The van der Waals surface area contributed by atoms with Crippen molar-refractivity contribution in [1.29, 1.82) is 0 Å². The molecule has 0 unspecified atom stereocenters. The Morgan fingerprint density at radius 3 is 2.05 bits per heavy atom. The Labute approximate surface area is 120 Å². The maximum absolute atomic E-state index is 9.45. The Morgan fingerprint density at radius 1 is 0.842 bits per heavy atom. The molecule has 1 aliphatic carbocycles. The van der Waals surface area contributed by atoms with Gasteiger partial charge in [0, 0.05) is 0 Å². The van der Waals surface area contributed by atoms with Crippen molar-refractivity contribution in [1.82, 2.24) is 5.32 Å². The predicted molar refractivity (Wildman–Crippen MR) is 83.4 cm³/mol. The van der Waals surface area contributed by atoms with Crippen LogP contribution in [0.1, 0.15) is 84.0 Å². The van der Waals surface area contributed by atoms with Crippen LogP contribution in [0.2, 0.25) is 0 Å². The van der Waals surface area contributed by atoms with E-state index in [0.29, 0.717) is 0 Å². The number of hydrogen-bond donors (Lipinski definition) is 2. The third kappa shape index (κ3) is 9.45. The van der Waals surface area contributed by atoms with Gasteiger partial charge in [-0.3, -0.25) is 0 Å². The summed E-state index contributed by atoms with van der Waals surface area (Å²) < 4.78 is 0. The van der Waals surface area contributed by atoms with E-state index < -0.39 is 0 Å². The topological polar surface area (TPSA) is 32.3 Å². The lowest BCUT2D eigenvalue weighted by Gasteiger charge is -2.25. The molecule has 19 heavy (non-hydrogen) atoms. The molecule has 1 fully saturated rings. The summed E-state index contributed by atoms with van der Waals surface area (Å²) in [6.45, 7) is 4.63. The molecular formula is C17H35NO. The van der Waals surface area contributed by atoms with Crippen LogP contribution in [0.25, 0.3) is 0 Å². The Morgan fingerprint density at radius 2 is 1.42 bits per heavy atom.